The number of aromatic nitrogens is 4. The molecule has 1 atom stereocenters. The highest BCUT2D eigenvalue weighted by Gasteiger charge is 2.35. The van der Waals surface area contributed by atoms with Gasteiger partial charge in [-0.2, -0.15) is 4.31 Å². The lowest BCUT2D eigenvalue weighted by Gasteiger charge is -2.34. The first kappa shape index (κ1) is 19.9. The van der Waals surface area contributed by atoms with Crippen LogP contribution in [-0.2, 0) is 23.5 Å². The van der Waals surface area contributed by atoms with Crippen LogP contribution in [0.3, 0.4) is 0 Å². The van der Waals surface area contributed by atoms with Gasteiger partial charge in [0.05, 0.1) is 6.33 Å². The molecule has 0 bridgehead atoms. The topological polar surface area (TPSA) is 84.2 Å². The Hall–Kier alpha value is -2.00. The zero-order valence-corrected chi connectivity index (χ0v) is 18.6. The van der Waals surface area contributed by atoms with E-state index in [1.54, 1.807) is 22.1 Å². The summed E-state index contributed by atoms with van der Waals surface area (Å²) in [5.74, 6) is 2.73. The smallest absolute Gasteiger partial charge is 0.262 e. The third kappa shape index (κ3) is 3.73. The molecule has 5 rings (SSSR count). The average Bonchev–Trinajstić information content (AvgIpc) is 3.45. The van der Waals surface area contributed by atoms with E-state index in [-0.39, 0.29) is 10.9 Å². The fourth-order valence-corrected chi connectivity index (χ4v) is 6.20. The average molecular weight is 431 g/mol. The Bertz CT molecular complexity index is 1050. The molecule has 0 amide bonds. The lowest BCUT2D eigenvalue weighted by Crippen LogP contribution is -2.40. The second kappa shape index (κ2) is 7.60. The SMILES string of the molecule is Cc1nc([C@H]2CCCN(S(=O)(=O)c3cn(C)cn3)C2)nc2c1CCCN2CC1CC1. The summed E-state index contributed by atoms with van der Waals surface area (Å²) in [7, 11) is -1.81. The molecule has 8 nitrogen and oxygen atoms in total. The molecule has 2 aromatic rings. The number of anilines is 1. The van der Waals surface area contributed by atoms with E-state index in [0.29, 0.717) is 13.1 Å². The highest BCUT2D eigenvalue weighted by Crippen LogP contribution is 2.36. The maximum atomic E-state index is 13.1. The maximum Gasteiger partial charge on any atom is 0.262 e. The molecule has 162 valence electrons. The Morgan fingerprint density at radius 1 is 1.13 bits per heavy atom. The van der Waals surface area contributed by atoms with Crippen molar-refractivity contribution in [3.05, 3.63) is 29.6 Å². The third-order valence-electron chi connectivity index (χ3n) is 6.57. The molecule has 2 aromatic heterocycles. The molecule has 3 aliphatic rings. The van der Waals surface area contributed by atoms with Crippen molar-refractivity contribution in [3.63, 3.8) is 0 Å². The standard InChI is InChI=1S/C21H30N6O2S/c1-15-18-6-4-9-26(11-16-7-8-16)21(18)24-20(23-15)17-5-3-10-27(12-17)30(28,29)19-13-25(2)14-22-19/h13-14,16-17H,3-12H2,1-2H3/t17-/m0/s1. The summed E-state index contributed by atoms with van der Waals surface area (Å²) in [6, 6.07) is 0. The molecule has 0 N–H and O–H groups in total. The lowest BCUT2D eigenvalue weighted by atomic mass is 9.97. The molecule has 30 heavy (non-hydrogen) atoms. The monoisotopic (exact) mass is 430 g/mol. The number of aryl methyl sites for hydroxylation is 2. The molecule has 1 saturated heterocycles. The van der Waals surface area contributed by atoms with Gasteiger partial charge >= 0.3 is 0 Å². The predicted octanol–water partition coefficient (Wildman–Crippen LogP) is 2.25. The molecular formula is C21H30N6O2S. The van der Waals surface area contributed by atoms with Crippen LogP contribution in [0.25, 0.3) is 0 Å². The van der Waals surface area contributed by atoms with Gasteiger partial charge in [-0.15, -0.1) is 0 Å². The molecule has 1 aliphatic carbocycles. The molecule has 9 heteroatoms. The predicted molar refractivity (Wildman–Crippen MR) is 114 cm³/mol. The van der Waals surface area contributed by atoms with Crippen molar-refractivity contribution >= 4 is 15.8 Å². The fraction of sp³-hybridized carbons (Fsp3) is 0.667. The van der Waals surface area contributed by atoms with Crippen molar-refractivity contribution in [3.8, 4) is 0 Å². The van der Waals surface area contributed by atoms with Crippen LogP contribution in [0.4, 0.5) is 5.82 Å². The quantitative estimate of drug-likeness (QED) is 0.723. The molecule has 0 aromatic carbocycles. The van der Waals surface area contributed by atoms with Gasteiger partial charge in [-0.05, 0) is 51.4 Å². The van der Waals surface area contributed by atoms with Crippen molar-refractivity contribution in [2.75, 3.05) is 31.1 Å². The number of fused-ring (bicyclic) bond motifs is 1. The molecule has 2 aliphatic heterocycles. The molecule has 1 saturated carbocycles. The summed E-state index contributed by atoms with van der Waals surface area (Å²) in [4.78, 5) is 16.4. The van der Waals surface area contributed by atoms with Crippen LogP contribution >= 0.6 is 0 Å². The van der Waals surface area contributed by atoms with Gasteiger partial charge in [0.15, 0.2) is 5.03 Å². The van der Waals surface area contributed by atoms with Crippen LogP contribution in [0.2, 0.25) is 0 Å². The molecule has 0 radical (unpaired) electrons. The number of nitrogens with zero attached hydrogens (tertiary/aromatic N) is 6. The number of sulfonamides is 1. The molecular weight excluding hydrogens is 400 g/mol. The summed E-state index contributed by atoms with van der Waals surface area (Å²) < 4.78 is 29.3. The minimum absolute atomic E-state index is 0.0194. The number of hydrogen-bond donors (Lipinski definition) is 0. The van der Waals surface area contributed by atoms with E-state index in [9.17, 15) is 8.42 Å². The number of imidazole rings is 1. The highest BCUT2D eigenvalue weighted by molar-refractivity contribution is 7.89. The Labute approximate surface area is 178 Å². The zero-order valence-electron chi connectivity index (χ0n) is 17.8. The van der Waals surface area contributed by atoms with Crippen molar-refractivity contribution in [2.45, 2.75) is 56.4 Å². The van der Waals surface area contributed by atoms with E-state index in [2.05, 4.69) is 16.8 Å². The maximum absolute atomic E-state index is 13.1. The normalized spacial score (nSPS) is 22.9. The van der Waals surface area contributed by atoms with Crippen LogP contribution < -0.4 is 4.90 Å². The van der Waals surface area contributed by atoms with Gasteiger partial charge in [-0.3, -0.25) is 0 Å². The Balaban J connectivity index is 1.42. The summed E-state index contributed by atoms with van der Waals surface area (Å²) in [5.41, 5.74) is 2.33. The first-order valence-corrected chi connectivity index (χ1v) is 12.5. The van der Waals surface area contributed by atoms with E-state index in [4.69, 9.17) is 9.97 Å². The van der Waals surface area contributed by atoms with Gasteiger partial charge < -0.3 is 9.47 Å². The summed E-state index contributed by atoms with van der Waals surface area (Å²) in [6.07, 6.45) is 9.65. The summed E-state index contributed by atoms with van der Waals surface area (Å²) >= 11 is 0. The first-order valence-electron chi connectivity index (χ1n) is 11.0. The van der Waals surface area contributed by atoms with Crippen LogP contribution in [0.5, 0.6) is 0 Å². The van der Waals surface area contributed by atoms with Crippen LogP contribution in [0, 0.1) is 12.8 Å². The van der Waals surface area contributed by atoms with Crippen molar-refractivity contribution in [1.29, 1.82) is 0 Å². The Morgan fingerprint density at radius 3 is 2.70 bits per heavy atom. The van der Waals surface area contributed by atoms with Gasteiger partial charge in [-0.1, -0.05) is 0 Å². The lowest BCUT2D eigenvalue weighted by molar-refractivity contribution is 0.308. The molecule has 2 fully saturated rings. The van der Waals surface area contributed by atoms with E-state index in [1.807, 2.05) is 0 Å². The van der Waals surface area contributed by atoms with Gasteiger partial charge in [0.25, 0.3) is 10.0 Å². The fourth-order valence-electron chi connectivity index (χ4n) is 4.71. The number of hydrogen-bond acceptors (Lipinski definition) is 6. The van der Waals surface area contributed by atoms with E-state index >= 15 is 0 Å². The zero-order chi connectivity index (χ0) is 20.9. The van der Waals surface area contributed by atoms with Crippen molar-refractivity contribution in [1.82, 2.24) is 23.8 Å². The van der Waals surface area contributed by atoms with Crippen LogP contribution in [0.15, 0.2) is 17.6 Å². The number of piperidine rings is 1. The second-order valence-electron chi connectivity index (χ2n) is 9.04. The van der Waals surface area contributed by atoms with Crippen LogP contribution in [0.1, 0.15) is 55.1 Å². The minimum Gasteiger partial charge on any atom is -0.356 e. The minimum atomic E-state index is -3.59. The molecule has 0 spiro atoms. The van der Waals surface area contributed by atoms with Crippen molar-refractivity contribution in [2.24, 2.45) is 13.0 Å². The Morgan fingerprint density at radius 2 is 1.97 bits per heavy atom. The first-order chi connectivity index (χ1) is 14.4. The largest absolute Gasteiger partial charge is 0.356 e. The third-order valence-corrected chi connectivity index (χ3v) is 8.32. The summed E-state index contributed by atoms with van der Waals surface area (Å²) in [5, 5.41) is 0.115. The van der Waals surface area contributed by atoms with Gasteiger partial charge in [-0.25, -0.2) is 23.4 Å². The molecule has 0 unspecified atom stereocenters. The van der Waals surface area contributed by atoms with Gasteiger partial charge in [0.2, 0.25) is 0 Å². The van der Waals surface area contributed by atoms with Gasteiger partial charge in [0.1, 0.15) is 11.6 Å². The van der Waals surface area contributed by atoms with Crippen LogP contribution in [-0.4, -0.2) is 58.4 Å². The Kier molecular flexibility index (Phi) is 5.05. The highest BCUT2D eigenvalue weighted by atomic mass is 32.2. The van der Waals surface area contributed by atoms with E-state index in [0.717, 1.165) is 62.0 Å². The molecule has 4 heterocycles. The van der Waals surface area contributed by atoms with Gasteiger partial charge in [0, 0.05) is 56.6 Å². The number of rotatable bonds is 5. The summed E-state index contributed by atoms with van der Waals surface area (Å²) in [6.45, 7) is 5.17. The van der Waals surface area contributed by atoms with E-state index < -0.39 is 10.0 Å². The van der Waals surface area contributed by atoms with Crippen molar-refractivity contribution < 1.29 is 8.42 Å². The second-order valence-corrected chi connectivity index (χ2v) is 10.9. The van der Waals surface area contributed by atoms with E-state index in [1.165, 1.54) is 24.7 Å².